The lowest BCUT2D eigenvalue weighted by Gasteiger charge is -2.06. The first-order valence-electron chi connectivity index (χ1n) is 4.16. The van der Waals surface area contributed by atoms with Gasteiger partial charge in [0, 0.05) is 4.47 Å². The van der Waals surface area contributed by atoms with Crippen LogP contribution in [0.5, 0.6) is 0 Å². The molecule has 0 aliphatic heterocycles. The minimum atomic E-state index is -0.0999. The zero-order valence-corrected chi connectivity index (χ0v) is 10.5. The van der Waals surface area contributed by atoms with Crippen molar-refractivity contribution in [2.45, 2.75) is 0 Å². The topological polar surface area (TPSA) is 52.9 Å². The highest BCUT2D eigenvalue weighted by Crippen LogP contribution is 2.20. The summed E-state index contributed by atoms with van der Waals surface area (Å²) < 4.78 is 0.834. The standard InChI is InChI=1S/C10H9BrN2OS/c1-15-6-10(14)13-9-4-8(11)3-2-7(9)5-12/h2-4H,6H2,1H3,(H,13,14). The Balaban J connectivity index is 2.88. The van der Waals surface area contributed by atoms with Crippen LogP contribution in [-0.2, 0) is 4.79 Å². The molecule has 0 aliphatic carbocycles. The number of nitrogens with one attached hydrogen (secondary N) is 1. The van der Waals surface area contributed by atoms with Gasteiger partial charge in [0.15, 0.2) is 0 Å². The Hall–Kier alpha value is -0.990. The van der Waals surface area contributed by atoms with Gasteiger partial charge in [0.05, 0.1) is 17.0 Å². The lowest BCUT2D eigenvalue weighted by atomic mass is 10.2. The lowest BCUT2D eigenvalue weighted by Crippen LogP contribution is -2.14. The van der Waals surface area contributed by atoms with Crippen LogP contribution in [0.3, 0.4) is 0 Å². The highest BCUT2D eigenvalue weighted by atomic mass is 79.9. The molecule has 5 heteroatoms. The number of nitrogens with zero attached hydrogens (tertiary/aromatic N) is 1. The Morgan fingerprint density at radius 1 is 1.67 bits per heavy atom. The Morgan fingerprint density at radius 3 is 3.00 bits per heavy atom. The third kappa shape index (κ3) is 3.57. The van der Waals surface area contributed by atoms with E-state index in [4.69, 9.17) is 5.26 Å². The summed E-state index contributed by atoms with van der Waals surface area (Å²) in [6.45, 7) is 0. The van der Waals surface area contributed by atoms with Gasteiger partial charge in [-0.2, -0.15) is 17.0 Å². The van der Waals surface area contributed by atoms with Gasteiger partial charge in [0.25, 0.3) is 0 Å². The van der Waals surface area contributed by atoms with Crippen LogP contribution in [0, 0.1) is 11.3 Å². The maximum absolute atomic E-state index is 11.3. The molecule has 0 aliphatic rings. The van der Waals surface area contributed by atoms with Crippen LogP contribution in [0.4, 0.5) is 5.69 Å². The van der Waals surface area contributed by atoms with Crippen molar-refractivity contribution < 1.29 is 4.79 Å². The molecule has 3 nitrogen and oxygen atoms in total. The fourth-order valence-electron chi connectivity index (χ4n) is 1.03. The molecule has 78 valence electrons. The van der Waals surface area contributed by atoms with E-state index in [0.717, 1.165) is 4.47 Å². The summed E-state index contributed by atoms with van der Waals surface area (Å²) in [5.41, 5.74) is 1.01. The molecule has 1 rings (SSSR count). The van der Waals surface area contributed by atoms with Gasteiger partial charge in [-0.3, -0.25) is 4.79 Å². The summed E-state index contributed by atoms with van der Waals surface area (Å²) in [6.07, 6.45) is 1.85. The van der Waals surface area contributed by atoms with Crippen molar-refractivity contribution in [2.24, 2.45) is 0 Å². The Morgan fingerprint density at radius 2 is 2.40 bits per heavy atom. The number of benzene rings is 1. The second-order valence-corrected chi connectivity index (χ2v) is 4.56. The number of hydrogen-bond acceptors (Lipinski definition) is 3. The van der Waals surface area contributed by atoms with Crippen LogP contribution in [-0.4, -0.2) is 17.9 Å². The molecule has 0 heterocycles. The predicted octanol–water partition coefficient (Wildman–Crippen LogP) is 2.62. The molecule has 0 radical (unpaired) electrons. The van der Waals surface area contributed by atoms with Crippen LogP contribution in [0.15, 0.2) is 22.7 Å². The second kappa shape index (κ2) is 5.79. The fraction of sp³-hybridized carbons (Fsp3) is 0.200. The van der Waals surface area contributed by atoms with Gasteiger partial charge in [-0.25, -0.2) is 0 Å². The SMILES string of the molecule is CSCC(=O)Nc1cc(Br)ccc1C#N. The van der Waals surface area contributed by atoms with Gasteiger partial charge in [0.1, 0.15) is 6.07 Å². The number of halogens is 1. The highest BCUT2D eigenvalue weighted by Gasteiger charge is 2.06. The number of anilines is 1. The average Bonchev–Trinajstić information content (AvgIpc) is 2.18. The van der Waals surface area contributed by atoms with E-state index in [1.807, 2.05) is 12.3 Å². The number of thioether (sulfide) groups is 1. The number of carbonyl (C=O) groups excluding carboxylic acids is 1. The van der Waals surface area contributed by atoms with E-state index in [1.54, 1.807) is 18.2 Å². The van der Waals surface area contributed by atoms with Crippen LogP contribution in [0.1, 0.15) is 5.56 Å². The van der Waals surface area contributed by atoms with E-state index < -0.39 is 0 Å². The summed E-state index contributed by atoms with van der Waals surface area (Å²) in [7, 11) is 0. The molecule has 0 spiro atoms. The third-order valence-electron chi connectivity index (χ3n) is 1.65. The second-order valence-electron chi connectivity index (χ2n) is 2.78. The molecular weight excluding hydrogens is 276 g/mol. The maximum atomic E-state index is 11.3. The van der Waals surface area contributed by atoms with E-state index in [0.29, 0.717) is 17.0 Å². The van der Waals surface area contributed by atoms with E-state index in [1.165, 1.54) is 11.8 Å². The smallest absolute Gasteiger partial charge is 0.234 e. The van der Waals surface area contributed by atoms with Crippen LogP contribution in [0.25, 0.3) is 0 Å². The molecule has 0 atom stereocenters. The average molecular weight is 285 g/mol. The Bertz CT molecular complexity index is 414. The van der Waals surface area contributed by atoms with Crippen molar-refractivity contribution in [3.05, 3.63) is 28.2 Å². The number of hydrogen-bond donors (Lipinski definition) is 1. The van der Waals surface area contributed by atoms with Gasteiger partial charge in [-0.15, -0.1) is 0 Å². The number of amides is 1. The van der Waals surface area contributed by atoms with E-state index in [-0.39, 0.29) is 5.91 Å². The van der Waals surface area contributed by atoms with Gasteiger partial charge in [-0.1, -0.05) is 15.9 Å². The Kier molecular flexibility index (Phi) is 4.66. The number of rotatable bonds is 3. The minimum absolute atomic E-state index is 0.0999. The third-order valence-corrected chi connectivity index (χ3v) is 2.70. The van der Waals surface area contributed by atoms with Gasteiger partial charge < -0.3 is 5.32 Å². The van der Waals surface area contributed by atoms with E-state index in [2.05, 4.69) is 21.2 Å². The Labute approximate surface area is 101 Å². The zero-order valence-electron chi connectivity index (χ0n) is 8.08. The van der Waals surface area contributed by atoms with Crippen molar-refractivity contribution in [1.82, 2.24) is 0 Å². The minimum Gasteiger partial charge on any atom is -0.324 e. The van der Waals surface area contributed by atoms with E-state index >= 15 is 0 Å². The molecule has 1 N–H and O–H groups in total. The van der Waals surface area contributed by atoms with Gasteiger partial charge >= 0.3 is 0 Å². The number of carbonyl (C=O) groups is 1. The van der Waals surface area contributed by atoms with E-state index in [9.17, 15) is 4.79 Å². The van der Waals surface area contributed by atoms with Crippen LogP contribution >= 0.6 is 27.7 Å². The molecule has 0 saturated carbocycles. The molecular formula is C10H9BrN2OS. The molecule has 1 amide bonds. The molecule has 1 aromatic rings. The molecule has 15 heavy (non-hydrogen) atoms. The normalized spacial score (nSPS) is 9.40. The van der Waals surface area contributed by atoms with Crippen molar-refractivity contribution in [2.75, 3.05) is 17.3 Å². The predicted molar refractivity (Wildman–Crippen MR) is 65.9 cm³/mol. The highest BCUT2D eigenvalue weighted by molar-refractivity contribution is 9.10. The largest absolute Gasteiger partial charge is 0.324 e. The van der Waals surface area contributed by atoms with Crippen LogP contribution in [0.2, 0.25) is 0 Å². The maximum Gasteiger partial charge on any atom is 0.234 e. The van der Waals surface area contributed by atoms with Crippen LogP contribution < -0.4 is 5.32 Å². The van der Waals surface area contributed by atoms with Crippen molar-refractivity contribution in [3.8, 4) is 6.07 Å². The summed E-state index contributed by atoms with van der Waals surface area (Å²) >= 11 is 4.73. The summed E-state index contributed by atoms with van der Waals surface area (Å²) in [5, 5.41) is 11.5. The van der Waals surface area contributed by atoms with Gasteiger partial charge in [0.2, 0.25) is 5.91 Å². The zero-order chi connectivity index (χ0) is 11.3. The van der Waals surface area contributed by atoms with Gasteiger partial charge in [-0.05, 0) is 24.5 Å². The summed E-state index contributed by atoms with van der Waals surface area (Å²) in [4.78, 5) is 11.3. The fourth-order valence-corrected chi connectivity index (χ4v) is 1.73. The quantitative estimate of drug-likeness (QED) is 0.928. The molecule has 0 unspecified atom stereocenters. The van der Waals surface area contributed by atoms with Crippen molar-refractivity contribution >= 4 is 39.3 Å². The lowest BCUT2D eigenvalue weighted by molar-refractivity contribution is -0.113. The molecule has 1 aromatic carbocycles. The molecule has 0 aromatic heterocycles. The first kappa shape index (κ1) is 12.1. The first-order chi connectivity index (χ1) is 7.17. The molecule has 0 fully saturated rings. The first-order valence-corrected chi connectivity index (χ1v) is 6.34. The van der Waals surface area contributed by atoms with Crippen molar-refractivity contribution in [3.63, 3.8) is 0 Å². The summed E-state index contributed by atoms with van der Waals surface area (Å²) in [5.74, 6) is 0.286. The summed E-state index contributed by atoms with van der Waals surface area (Å²) in [6, 6.07) is 7.18. The molecule has 0 bridgehead atoms. The number of nitriles is 1. The van der Waals surface area contributed by atoms with Crippen molar-refractivity contribution in [1.29, 1.82) is 5.26 Å². The monoisotopic (exact) mass is 284 g/mol. The molecule has 0 saturated heterocycles.